The van der Waals surface area contributed by atoms with Gasteiger partial charge in [-0.1, -0.05) is 11.6 Å². The third kappa shape index (κ3) is 3.72. The van der Waals surface area contributed by atoms with Crippen molar-refractivity contribution in [1.29, 1.82) is 5.26 Å². The fraction of sp³-hybridized carbons (Fsp3) is 0.308. The van der Waals surface area contributed by atoms with Crippen LogP contribution in [0.2, 0.25) is 5.02 Å². The van der Waals surface area contributed by atoms with E-state index in [9.17, 15) is 10.1 Å². The number of carbonyl (C=O) groups is 1. The van der Waals surface area contributed by atoms with Crippen molar-refractivity contribution in [3.8, 4) is 17.5 Å². The molecule has 4 aromatic rings. The van der Waals surface area contributed by atoms with E-state index >= 15 is 0 Å². The quantitative estimate of drug-likeness (QED) is 0.407. The van der Waals surface area contributed by atoms with Crippen LogP contribution in [0.4, 0.5) is 10.6 Å². The van der Waals surface area contributed by atoms with Gasteiger partial charge in [0.05, 0.1) is 35.6 Å². The monoisotopic (exact) mass is 485 g/mol. The van der Waals surface area contributed by atoms with E-state index in [4.69, 9.17) is 16.7 Å². The van der Waals surface area contributed by atoms with Gasteiger partial charge in [-0.05, 0) is 54.7 Å². The molecule has 0 bridgehead atoms. The molecule has 1 aromatic carbocycles. The number of aryl methyl sites for hydroxylation is 1. The molecule has 8 nitrogen and oxygen atoms in total. The van der Waals surface area contributed by atoms with E-state index in [0.29, 0.717) is 42.0 Å². The number of nitriles is 1. The molecule has 0 spiro atoms. The predicted molar refractivity (Wildman–Crippen MR) is 134 cm³/mol. The Morgan fingerprint density at radius 2 is 2.03 bits per heavy atom. The van der Waals surface area contributed by atoms with Gasteiger partial charge in [0.25, 0.3) is 0 Å². The molecule has 9 heteroatoms. The van der Waals surface area contributed by atoms with Gasteiger partial charge in [0.15, 0.2) is 5.82 Å². The van der Waals surface area contributed by atoms with Crippen molar-refractivity contribution < 1.29 is 4.79 Å². The number of rotatable bonds is 5. The Balaban J connectivity index is 1.55. The SMILES string of the molecule is CN1Cc2c(nn(Cc3ccnc4ccc(Cl)cc34)c2-c2cc(C#N)cn2C)N(CC2CC2)C1=O. The molecular weight excluding hydrogens is 462 g/mol. The Morgan fingerprint density at radius 1 is 1.20 bits per heavy atom. The van der Waals surface area contributed by atoms with Crippen molar-refractivity contribution in [1.82, 2.24) is 24.2 Å². The molecule has 1 aliphatic heterocycles. The summed E-state index contributed by atoms with van der Waals surface area (Å²) in [6.45, 7) is 1.61. The van der Waals surface area contributed by atoms with Crippen LogP contribution in [0.1, 0.15) is 29.5 Å². The summed E-state index contributed by atoms with van der Waals surface area (Å²) in [4.78, 5) is 21.2. The van der Waals surface area contributed by atoms with E-state index < -0.39 is 0 Å². The molecule has 176 valence electrons. The summed E-state index contributed by atoms with van der Waals surface area (Å²) in [7, 11) is 3.76. The van der Waals surface area contributed by atoms with Gasteiger partial charge in [-0.3, -0.25) is 14.6 Å². The first kappa shape index (κ1) is 21.7. The highest BCUT2D eigenvalue weighted by Crippen LogP contribution is 2.39. The van der Waals surface area contributed by atoms with Crippen molar-refractivity contribution in [2.24, 2.45) is 13.0 Å². The second-order valence-electron chi connectivity index (χ2n) is 9.47. The zero-order valence-corrected chi connectivity index (χ0v) is 20.3. The molecule has 2 amide bonds. The minimum Gasteiger partial charge on any atom is -0.348 e. The molecule has 4 heterocycles. The van der Waals surface area contributed by atoms with Crippen LogP contribution in [0.3, 0.4) is 0 Å². The fourth-order valence-electron chi connectivity index (χ4n) is 4.91. The summed E-state index contributed by atoms with van der Waals surface area (Å²) in [6.07, 6.45) is 5.90. The Morgan fingerprint density at radius 3 is 2.77 bits per heavy atom. The molecule has 0 N–H and O–H groups in total. The van der Waals surface area contributed by atoms with E-state index in [0.717, 1.165) is 46.3 Å². The number of aromatic nitrogens is 4. The second-order valence-corrected chi connectivity index (χ2v) is 9.91. The van der Waals surface area contributed by atoms with Gasteiger partial charge in [-0.25, -0.2) is 4.79 Å². The highest BCUT2D eigenvalue weighted by atomic mass is 35.5. The van der Waals surface area contributed by atoms with Crippen molar-refractivity contribution in [2.45, 2.75) is 25.9 Å². The van der Waals surface area contributed by atoms with E-state index in [1.165, 1.54) is 0 Å². The summed E-state index contributed by atoms with van der Waals surface area (Å²) in [5.41, 5.74) is 5.27. The maximum absolute atomic E-state index is 13.1. The number of amides is 2. The van der Waals surface area contributed by atoms with Crippen LogP contribution in [-0.2, 0) is 20.1 Å². The molecular formula is C26H24ClN7O. The molecule has 0 atom stereocenters. The maximum atomic E-state index is 13.1. The van der Waals surface area contributed by atoms with Crippen molar-refractivity contribution in [3.05, 3.63) is 64.4 Å². The predicted octanol–water partition coefficient (Wildman–Crippen LogP) is 4.79. The maximum Gasteiger partial charge on any atom is 0.325 e. The largest absolute Gasteiger partial charge is 0.348 e. The number of pyridine rings is 1. The van der Waals surface area contributed by atoms with Crippen molar-refractivity contribution >= 4 is 34.4 Å². The van der Waals surface area contributed by atoms with Gasteiger partial charge in [-0.2, -0.15) is 10.4 Å². The summed E-state index contributed by atoms with van der Waals surface area (Å²) >= 11 is 6.31. The van der Waals surface area contributed by atoms with Crippen LogP contribution in [0.25, 0.3) is 22.3 Å². The molecule has 1 fully saturated rings. The summed E-state index contributed by atoms with van der Waals surface area (Å²) in [5, 5.41) is 16.2. The lowest BCUT2D eigenvalue weighted by molar-refractivity contribution is 0.210. The molecule has 35 heavy (non-hydrogen) atoms. The molecule has 1 saturated carbocycles. The molecule has 3 aromatic heterocycles. The standard InChI is InChI=1S/C26H24ClN7O/c1-31-12-17(11-28)9-23(31)24-21-15-32(2)26(35)33(13-16-3-4-16)25(21)30-34(24)14-18-7-8-29-22-6-5-19(27)10-20(18)22/h5-10,12,16H,3-4,13-15H2,1-2H3. The molecule has 0 radical (unpaired) electrons. The fourth-order valence-corrected chi connectivity index (χ4v) is 5.08. The van der Waals surface area contributed by atoms with Gasteiger partial charge in [0.1, 0.15) is 6.07 Å². The number of hydrogen-bond acceptors (Lipinski definition) is 4. The lowest BCUT2D eigenvalue weighted by atomic mass is 10.1. The Labute approximate surface area is 207 Å². The number of carbonyl (C=O) groups excluding carboxylic acids is 1. The number of urea groups is 1. The Hall–Kier alpha value is -3.83. The summed E-state index contributed by atoms with van der Waals surface area (Å²) < 4.78 is 3.92. The number of fused-ring (bicyclic) bond motifs is 2. The number of hydrogen-bond donors (Lipinski definition) is 0. The topological polar surface area (TPSA) is 83.0 Å². The minimum atomic E-state index is -0.0219. The summed E-state index contributed by atoms with van der Waals surface area (Å²) in [6, 6.07) is 11.8. The number of nitrogens with zero attached hydrogens (tertiary/aromatic N) is 7. The minimum absolute atomic E-state index is 0.0219. The van der Waals surface area contributed by atoms with Gasteiger partial charge >= 0.3 is 6.03 Å². The molecule has 2 aliphatic rings. The van der Waals surface area contributed by atoms with E-state index in [2.05, 4.69) is 11.1 Å². The average molecular weight is 486 g/mol. The number of halogens is 1. The van der Waals surface area contributed by atoms with E-state index in [1.807, 2.05) is 64.8 Å². The zero-order chi connectivity index (χ0) is 24.3. The van der Waals surface area contributed by atoms with Gasteiger partial charge in [-0.15, -0.1) is 0 Å². The Bertz CT molecular complexity index is 1520. The van der Waals surface area contributed by atoms with E-state index in [1.54, 1.807) is 11.1 Å². The van der Waals surface area contributed by atoms with Crippen LogP contribution in [0.5, 0.6) is 0 Å². The first-order chi connectivity index (χ1) is 16.9. The van der Waals surface area contributed by atoms with Crippen LogP contribution in [0, 0.1) is 17.2 Å². The van der Waals surface area contributed by atoms with Crippen LogP contribution < -0.4 is 4.90 Å². The van der Waals surface area contributed by atoms with E-state index in [-0.39, 0.29) is 6.03 Å². The first-order valence-electron chi connectivity index (χ1n) is 11.6. The normalized spacial score (nSPS) is 15.5. The molecule has 6 rings (SSSR count). The second kappa shape index (κ2) is 8.14. The van der Waals surface area contributed by atoms with Gasteiger partial charge in [0.2, 0.25) is 0 Å². The lowest BCUT2D eigenvalue weighted by Crippen LogP contribution is -2.46. The van der Waals surface area contributed by atoms with Crippen molar-refractivity contribution in [3.63, 3.8) is 0 Å². The smallest absolute Gasteiger partial charge is 0.325 e. The third-order valence-electron chi connectivity index (χ3n) is 6.87. The Kier molecular flexibility index (Phi) is 5.04. The highest BCUT2D eigenvalue weighted by molar-refractivity contribution is 6.31. The molecule has 1 aliphatic carbocycles. The number of benzene rings is 1. The molecule has 0 unspecified atom stereocenters. The van der Waals surface area contributed by atoms with Gasteiger partial charge < -0.3 is 9.47 Å². The molecule has 0 saturated heterocycles. The zero-order valence-electron chi connectivity index (χ0n) is 19.6. The van der Waals surface area contributed by atoms with Crippen LogP contribution in [0.15, 0.2) is 42.7 Å². The van der Waals surface area contributed by atoms with Crippen LogP contribution >= 0.6 is 11.6 Å². The average Bonchev–Trinajstić information content (AvgIpc) is 3.50. The lowest BCUT2D eigenvalue weighted by Gasteiger charge is -2.32. The number of anilines is 1. The summed E-state index contributed by atoms with van der Waals surface area (Å²) in [5.74, 6) is 1.24. The van der Waals surface area contributed by atoms with Crippen molar-refractivity contribution in [2.75, 3.05) is 18.5 Å². The third-order valence-corrected chi connectivity index (χ3v) is 7.10. The highest BCUT2D eigenvalue weighted by Gasteiger charge is 2.38. The first-order valence-corrected chi connectivity index (χ1v) is 12.0. The van der Waals surface area contributed by atoms with Gasteiger partial charge in [0, 0.05) is 49.0 Å². The van der Waals surface area contributed by atoms with Crippen LogP contribution in [-0.4, -0.2) is 43.9 Å².